The van der Waals surface area contributed by atoms with Gasteiger partial charge < -0.3 is 0 Å². The van der Waals surface area contributed by atoms with Crippen LogP contribution < -0.4 is 0 Å². The molecule has 1 rings (SSSR count). The van der Waals surface area contributed by atoms with Crippen LogP contribution in [0.5, 0.6) is 0 Å². The van der Waals surface area contributed by atoms with Crippen LogP contribution in [0.15, 0.2) is 10.3 Å². The smallest absolute Gasteiger partial charge is 0.274 e. The first kappa shape index (κ1) is 4.89. The Bertz CT molecular complexity index is 153. The monoisotopic (exact) mass is 113 g/mol. The largest absolute Gasteiger partial charge is 0.276 e. The molecule has 0 atom stereocenters. The molecule has 1 heterocycles. The van der Waals surface area contributed by atoms with Gasteiger partial charge in [-0.05, 0) is 0 Å². The highest BCUT2D eigenvalue weighted by Gasteiger charge is 2.15. The maximum atomic E-state index is 10.3. The number of hydrogen-bond donors (Lipinski definition) is 0. The van der Waals surface area contributed by atoms with E-state index in [-0.39, 0.29) is 12.5 Å². The van der Waals surface area contributed by atoms with Gasteiger partial charge in [0.05, 0.1) is 0 Å². The Morgan fingerprint density at radius 1 is 1.75 bits per heavy atom. The fourth-order valence-electron chi connectivity index (χ4n) is 0.362. The molecule has 0 radical (unpaired) electrons. The number of hydrogen-bond acceptors (Lipinski definition) is 4. The normalized spacial score (nSPS) is 17.5. The Morgan fingerprint density at radius 2 is 2.50 bits per heavy atom. The van der Waals surface area contributed by atoms with Gasteiger partial charge in [0.2, 0.25) is 6.41 Å². The second-order valence-electron chi connectivity index (χ2n) is 1.23. The van der Waals surface area contributed by atoms with E-state index in [4.69, 9.17) is 0 Å². The number of nitrogens with zero attached hydrogens (tertiary/aromatic N) is 3. The first-order chi connectivity index (χ1) is 3.84. The zero-order chi connectivity index (χ0) is 5.98. The molecule has 0 spiro atoms. The lowest BCUT2D eigenvalue weighted by Gasteiger charge is -1.93. The molecule has 0 unspecified atom stereocenters. The first-order valence-corrected chi connectivity index (χ1v) is 1.99. The first-order valence-electron chi connectivity index (χ1n) is 1.99. The van der Waals surface area contributed by atoms with Crippen LogP contribution in [0.4, 0.5) is 0 Å². The lowest BCUT2D eigenvalue weighted by molar-refractivity contribution is -0.135. The summed E-state index contributed by atoms with van der Waals surface area (Å²) in [5, 5.41) is 7.13. The lowest BCUT2D eigenvalue weighted by atomic mass is 10.6. The summed E-state index contributed by atoms with van der Waals surface area (Å²) in [7, 11) is 0. The van der Waals surface area contributed by atoms with Gasteiger partial charge in [0.25, 0.3) is 5.91 Å². The molecule has 42 valence electrons. The Kier molecular flexibility index (Phi) is 1.03. The van der Waals surface area contributed by atoms with Crippen LogP contribution >= 0.6 is 0 Å². The zero-order valence-electron chi connectivity index (χ0n) is 3.94. The van der Waals surface area contributed by atoms with Crippen molar-refractivity contribution in [3.8, 4) is 0 Å². The van der Waals surface area contributed by atoms with Gasteiger partial charge >= 0.3 is 0 Å². The van der Waals surface area contributed by atoms with E-state index in [9.17, 15) is 9.59 Å². The molecule has 0 bridgehead atoms. The van der Waals surface area contributed by atoms with Gasteiger partial charge in [-0.1, -0.05) is 5.22 Å². The van der Waals surface area contributed by atoms with Crippen LogP contribution in [0.2, 0.25) is 0 Å². The molecule has 0 aliphatic carbocycles. The van der Waals surface area contributed by atoms with Gasteiger partial charge in [-0.15, -0.1) is 5.01 Å². The maximum absolute atomic E-state index is 10.3. The topological polar surface area (TPSA) is 62.1 Å². The fourth-order valence-corrected chi connectivity index (χ4v) is 0.362. The lowest BCUT2D eigenvalue weighted by Crippen LogP contribution is -2.20. The molecular formula is C3H3N3O2. The van der Waals surface area contributed by atoms with Crippen LogP contribution in [0.25, 0.3) is 0 Å². The standard InChI is InChI=1S/C3H3N3O2/c7-2-6-3(8)1-4-5-6/h2H,1H2. The third-order valence-electron chi connectivity index (χ3n) is 0.721. The fraction of sp³-hybridized carbons (Fsp3) is 0.333. The maximum Gasteiger partial charge on any atom is 0.274 e. The molecule has 0 saturated heterocycles. The third-order valence-corrected chi connectivity index (χ3v) is 0.721. The van der Waals surface area contributed by atoms with Crippen LogP contribution in [0.1, 0.15) is 0 Å². The number of carbonyl (C=O) groups excluding carboxylic acids is 2. The highest BCUT2D eigenvalue weighted by atomic mass is 16.2. The molecule has 0 saturated carbocycles. The van der Waals surface area contributed by atoms with E-state index in [1.165, 1.54) is 0 Å². The van der Waals surface area contributed by atoms with E-state index in [1.807, 2.05) is 0 Å². The van der Waals surface area contributed by atoms with E-state index in [1.54, 1.807) is 0 Å². The number of carbonyl (C=O) groups is 2. The van der Waals surface area contributed by atoms with Gasteiger partial charge in [0.1, 0.15) is 6.54 Å². The number of imide groups is 1. The molecule has 1 aliphatic heterocycles. The predicted octanol–water partition coefficient (Wildman–Crippen LogP) is -0.648. The molecule has 5 nitrogen and oxygen atoms in total. The van der Waals surface area contributed by atoms with E-state index in [2.05, 4.69) is 10.3 Å². The number of rotatable bonds is 1. The molecule has 0 aromatic rings. The van der Waals surface area contributed by atoms with Crippen molar-refractivity contribution in [3.05, 3.63) is 0 Å². The van der Waals surface area contributed by atoms with E-state index in [0.717, 1.165) is 0 Å². The van der Waals surface area contributed by atoms with Crippen LogP contribution in [0.3, 0.4) is 0 Å². The zero-order valence-corrected chi connectivity index (χ0v) is 3.94. The van der Waals surface area contributed by atoms with E-state index < -0.39 is 0 Å². The third kappa shape index (κ3) is 0.575. The highest BCUT2D eigenvalue weighted by molar-refractivity contribution is 5.88. The van der Waals surface area contributed by atoms with Crippen molar-refractivity contribution in [3.63, 3.8) is 0 Å². The molecule has 2 amide bonds. The van der Waals surface area contributed by atoms with E-state index >= 15 is 0 Å². The summed E-state index contributed by atoms with van der Waals surface area (Å²) in [5.41, 5.74) is 0. The highest BCUT2D eigenvalue weighted by Crippen LogP contribution is 1.96. The minimum atomic E-state index is -0.375. The molecule has 0 aromatic carbocycles. The summed E-state index contributed by atoms with van der Waals surface area (Å²) in [6.07, 6.45) is 0.332. The minimum absolute atomic E-state index is 0.00125. The molecule has 5 heteroatoms. The molecule has 8 heavy (non-hydrogen) atoms. The predicted molar refractivity (Wildman–Crippen MR) is 22.6 cm³/mol. The summed E-state index contributed by atoms with van der Waals surface area (Å²) in [6.45, 7) is -0.00125. The van der Waals surface area contributed by atoms with Gasteiger partial charge in [0, 0.05) is 0 Å². The average Bonchev–Trinajstić information content (AvgIpc) is 2.14. The Labute approximate surface area is 45.0 Å². The SMILES string of the molecule is O=CN1N=NCC1=O. The molecule has 1 aliphatic rings. The van der Waals surface area contributed by atoms with Crippen LogP contribution in [-0.4, -0.2) is 23.9 Å². The van der Waals surface area contributed by atoms with Gasteiger partial charge in [-0.25, -0.2) is 0 Å². The summed E-state index contributed by atoms with van der Waals surface area (Å²) >= 11 is 0. The molecular weight excluding hydrogens is 110 g/mol. The molecule has 0 fully saturated rings. The Morgan fingerprint density at radius 3 is 2.75 bits per heavy atom. The van der Waals surface area contributed by atoms with Crippen LogP contribution in [-0.2, 0) is 9.59 Å². The van der Waals surface area contributed by atoms with Crippen LogP contribution in [0, 0.1) is 0 Å². The summed E-state index contributed by atoms with van der Waals surface area (Å²) in [6, 6.07) is 0. The van der Waals surface area contributed by atoms with Crippen molar-refractivity contribution in [2.75, 3.05) is 6.54 Å². The van der Waals surface area contributed by atoms with Crippen molar-refractivity contribution in [1.29, 1.82) is 0 Å². The van der Waals surface area contributed by atoms with Gasteiger partial charge in [0.15, 0.2) is 0 Å². The average molecular weight is 113 g/mol. The van der Waals surface area contributed by atoms with Gasteiger partial charge in [-0.3, -0.25) is 9.59 Å². The molecule has 0 aromatic heterocycles. The Balaban J connectivity index is 2.66. The van der Waals surface area contributed by atoms with Crippen molar-refractivity contribution < 1.29 is 9.59 Å². The van der Waals surface area contributed by atoms with Gasteiger partial charge in [-0.2, -0.15) is 5.11 Å². The van der Waals surface area contributed by atoms with E-state index in [0.29, 0.717) is 11.4 Å². The summed E-state index contributed by atoms with van der Waals surface area (Å²) < 4.78 is 0. The number of amides is 2. The quantitative estimate of drug-likeness (QED) is 0.424. The van der Waals surface area contributed by atoms with Crippen molar-refractivity contribution in [2.45, 2.75) is 0 Å². The molecule has 0 N–H and O–H groups in total. The Hall–Kier alpha value is -1.26. The summed E-state index contributed by atoms with van der Waals surface area (Å²) in [5.74, 6) is -0.375. The second-order valence-corrected chi connectivity index (χ2v) is 1.23. The van der Waals surface area contributed by atoms with Crippen molar-refractivity contribution in [2.24, 2.45) is 10.3 Å². The summed E-state index contributed by atoms with van der Waals surface area (Å²) in [4.78, 5) is 20.1. The van der Waals surface area contributed by atoms with Crippen molar-refractivity contribution >= 4 is 12.3 Å². The second kappa shape index (κ2) is 1.69. The minimum Gasteiger partial charge on any atom is -0.276 e. The van der Waals surface area contributed by atoms with Crippen molar-refractivity contribution in [1.82, 2.24) is 5.01 Å².